The van der Waals surface area contributed by atoms with E-state index >= 15 is 0 Å². The summed E-state index contributed by atoms with van der Waals surface area (Å²) in [6, 6.07) is 0. The first kappa shape index (κ1) is 19.4. The lowest BCUT2D eigenvalue weighted by atomic mass is 9.75. The molecule has 0 bridgehead atoms. The zero-order valence-electron chi connectivity index (χ0n) is 16.5. The molecule has 1 fully saturated rings. The molecule has 27 heavy (non-hydrogen) atoms. The van der Waals surface area contributed by atoms with Crippen molar-refractivity contribution in [3.8, 4) is 0 Å². The Labute approximate surface area is 159 Å². The van der Waals surface area contributed by atoms with Gasteiger partial charge >= 0.3 is 5.91 Å². The average molecular weight is 375 g/mol. The summed E-state index contributed by atoms with van der Waals surface area (Å²) < 4.78 is 5.99. The zero-order valence-corrected chi connectivity index (χ0v) is 16.5. The van der Waals surface area contributed by atoms with Gasteiger partial charge < -0.3 is 20.8 Å². The number of nitrogens with one attached hydrogen (secondary N) is 1. The first-order valence-electron chi connectivity index (χ1n) is 9.19. The molecule has 9 nitrogen and oxygen atoms in total. The largest absolute Gasteiger partial charge is 0.455 e. The van der Waals surface area contributed by atoms with Crippen LogP contribution in [0.4, 0.5) is 0 Å². The van der Waals surface area contributed by atoms with Crippen molar-refractivity contribution in [2.24, 2.45) is 27.1 Å². The highest BCUT2D eigenvalue weighted by molar-refractivity contribution is 6.07. The van der Waals surface area contributed by atoms with E-state index in [1.54, 1.807) is 0 Å². The first-order chi connectivity index (χ1) is 12.7. The maximum absolute atomic E-state index is 12.8. The molecular formula is C18H29N7O2. The third-order valence-corrected chi connectivity index (χ3v) is 5.05. The lowest BCUT2D eigenvalue weighted by Gasteiger charge is -2.32. The van der Waals surface area contributed by atoms with Gasteiger partial charge in [0.15, 0.2) is 5.76 Å². The van der Waals surface area contributed by atoms with Crippen LogP contribution in [0, 0.1) is 12.3 Å². The van der Waals surface area contributed by atoms with Gasteiger partial charge in [-0.1, -0.05) is 13.8 Å². The van der Waals surface area contributed by atoms with Crippen LogP contribution in [0.25, 0.3) is 0 Å². The summed E-state index contributed by atoms with van der Waals surface area (Å²) in [6.07, 6.45) is 1.43. The average Bonchev–Trinajstić information content (AvgIpc) is 2.90. The Morgan fingerprint density at radius 2 is 1.85 bits per heavy atom. The Hall–Kier alpha value is -2.39. The van der Waals surface area contributed by atoms with Crippen LogP contribution in [0.2, 0.25) is 0 Å². The Morgan fingerprint density at radius 1 is 1.19 bits per heavy atom. The van der Waals surface area contributed by atoms with E-state index in [1.807, 2.05) is 11.9 Å². The molecule has 1 amide bonds. The van der Waals surface area contributed by atoms with Gasteiger partial charge in [0.1, 0.15) is 5.76 Å². The number of carbonyl (C=O) groups is 1. The lowest BCUT2D eigenvalue weighted by molar-refractivity contribution is 0.0633. The molecule has 0 atom stereocenters. The number of amides is 1. The monoisotopic (exact) mass is 375 g/mol. The topological polar surface area (TPSA) is 125 Å². The number of likely N-dealkylation sites (N-methyl/N-ethyl adjacent to an activating group) is 1. The van der Waals surface area contributed by atoms with E-state index in [1.165, 1.54) is 0 Å². The van der Waals surface area contributed by atoms with Gasteiger partial charge in [-0.2, -0.15) is 5.10 Å². The molecule has 0 unspecified atom stereocenters. The smallest absolute Gasteiger partial charge is 0.301 e. The van der Waals surface area contributed by atoms with Crippen LogP contribution in [-0.4, -0.2) is 60.7 Å². The number of fused-ring (bicyclic) bond motifs is 1. The SMILES string of the molecule is Cc1c(C(=O)NN2CCN(C)CC2)oc2c1/C(=N\N=C(N)N)CC(C)(C)C2. The van der Waals surface area contributed by atoms with Crippen molar-refractivity contribution < 1.29 is 9.21 Å². The maximum Gasteiger partial charge on any atom is 0.301 e. The molecule has 0 spiro atoms. The zero-order chi connectivity index (χ0) is 19.8. The molecule has 1 aromatic rings. The minimum absolute atomic E-state index is 0.0553. The fraction of sp³-hybridized carbons (Fsp3) is 0.611. The van der Waals surface area contributed by atoms with Gasteiger partial charge in [-0.05, 0) is 25.8 Å². The summed E-state index contributed by atoms with van der Waals surface area (Å²) in [5.74, 6) is 0.762. The molecule has 148 valence electrons. The molecule has 9 heteroatoms. The van der Waals surface area contributed by atoms with E-state index in [0.717, 1.165) is 55.2 Å². The molecular weight excluding hydrogens is 346 g/mol. The molecule has 2 aliphatic rings. The Morgan fingerprint density at radius 3 is 2.48 bits per heavy atom. The van der Waals surface area contributed by atoms with E-state index in [4.69, 9.17) is 15.9 Å². The summed E-state index contributed by atoms with van der Waals surface area (Å²) in [4.78, 5) is 15.0. The van der Waals surface area contributed by atoms with Crippen LogP contribution in [-0.2, 0) is 6.42 Å². The summed E-state index contributed by atoms with van der Waals surface area (Å²) in [7, 11) is 2.07. The van der Waals surface area contributed by atoms with Crippen LogP contribution >= 0.6 is 0 Å². The molecule has 2 heterocycles. The molecule has 0 saturated carbocycles. The molecule has 1 aliphatic carbocycles. The third kappa shape index (κ3) is 4.30. The summed E-state index contributed by atoms with van der Waals surface area (Å²) in [5, 5.41) is 9.97. The highest BCUT2D eigenvalue weighted by Gasteiger charge is 2.36. The van der Waals surface area contributed by atoms with E-state index in [2.05, 4.69) is 41.4 Å². The number of hydrogen-bond donors (Lipinski definition) is 3. The molecule has 3 rings (SSSR count). The normalized spacial score (nSPS) is 21.7. The second kappa shape index (κ2) is 7.32. The minimum atomic E-state index is -0.231. The molecule has 1 aromatic heterocycles. The van der Waals surface area contributed by atoms with Crippen molar-refractivity contribution in [3.63, 3.8) is 0 Å². The number of hydrogen-bond acceptors (Lipinski definition) is 6. The number of furan rings is 1. The van der Waals surface area contributed by atoms with Crippen LogP contribution < -0.4 is 16.9 Å². The predicted octanol–water partition coefficient (Wildman–Crippen LogP) is 0.430. The first-order valence-corrected chi connectivity index (χ1v) is 9.19. The standard InChI is InChI=1S/C18H29N7O2/c1-11-14-12(21-22-17(19)20)9-18(2,3)10-13(14)27-15(11)16(26)23-25-7-5-24(4)6-8-25/h5-10H2,1-4H3,(H,23,26)(H4,19,20,22)/b21-12-. The number of piperazine rings is 1. The van der Waals surface area contributed by atoms with E-state index in [-0.39, 0.29) is 17.3 Å². The van der Waals surface area contributed by atoms with Gasteiger partial charge in [-0.25, -0.2) is 5.01 Å². The number of carbonyl (C=O) groups excluding carboxylic acids is 1. The Bertz CT molecular complexity index is 782. The minimum Gasteiger partial charge on any atom is -0.455 e. The molecule has 1 aliphatic heterocycles. The number of guanidine groups is 1. The second-order valence-corrected chi connectivity index (χ2v) is 8.17. The number of nitrogens with two attached hydrogens (primary N) is 2. The quantitative estimate of drug-likeness (QED) is 0.400. The van der Waals surface area contributed by atoms with Crippen LogP contribution in [0.15, 0.2) is 14.6 Å². The number of rotatable bonds is 3. The maximum atomic E-state index is 12.8. The van der Waals surface area contributed by atoms with Crippen molar-refractivity contribution in [3.05, 3.63) is 22.6 Å². The predicted molar refractivity (Wildman–Crippen MR) is 104 cm³/mol. The van der Waals surface area contributed by atoms with E-state index < -0.39 is 0 Å². The van der Waals surface area contributed by atoms with Crippen molar-refractivity contribution in [1.82, 2.24) is 15.3 Å². The van der Waals surface area contributed by atoms with E-state index in [0.29, 0.717) is 12.2 Å². The van der Waals surface area contributed by atoms with Crippen LogP contribution in [0.3, 0.4) is 0 Å². The second-order valence-electron chi connectivity index (χ2n) is 8.17. The van der Waals surface area contributed by atoms with Crippen molar-refractivity contribution in [2.75, 3.05) is 33.2 Å². The van der Waals surface area contributed by atoms with Gasteiger partial charge in [-0.3, -0.25) is 10.2 Å². The van der Waals surface area contributed by atoms with Gasteiger partial charge in [0, 0.05) is 43.7 Å². The third-order valence-electron chi connectivity index (χ3n) is 5.05. The Balaban J connectivity index is 1.88. The molecule has 5 N–H and O–H groups in total. The summed E-state index contributed by atoms with van der Waals surface area (Å²) >= 11 is 0. The van der Waals surface area contributed by atoms with E-state index in [9.17, 15) is 4.79 Å². The lowest BCUT2D eigenvalue weighted by Crippen LogP contribution is -2.52. The summed E-state index contributed by atoms with van der Waals surface area (Å²) in [5.41, 5.74) is 16.1. The number of hydrazine groups is 1. The van der Waals surface area contributed by atoms with Crippen LogP contribution in [0.1, 0.15) is 47.7 Å². The highest BCUT2D eigenvalue weighted by atomic mass is 16.4. The highest BCUT2D eigenvalue weighted by Crippen LogP contribution is 2.39. The molecule has 0 aromatic carbocycles. The van der Waals surface area contributed by atoms with Gasteiger partial charge in [-0.15, -0.1) is 5.10 Å². The van der Waals surface area contributed by atoms with Crippen molar-refractivity contribution in [2.45, 2.75) is 33.6 Å². The van der Waals surface area contributed by atoms with Gasteiger partial charge in [0.2, 0.25) is 5.96 Å². The molecule has 0 radical (unpaired) electrons. The van der Waals surface area contributed by atoms with Gasteiger partial charge in [0.05, 0.1) is 5.71 Å². The Kier molecular flexibility index (Phi) is 5.25. The van der Waals surface area contributed by atoms with Crippen molar-refractivity contribution in [1.29, 1.82) is 0 Å². The van der Waals surface area contributed by atoms with Crippen LogP contribution in [0.5, 0.6) is 0 Å². The van der Waals surface area contributed by atoms with Crippen molar-refractivity contribution >= 4 is 17.6 Å². The van der Waals surface area contributed by atoms with Gasteiger partial charge in [0.25, 0.3) is 0 Å². The molecule has 1 saturated heterocycles. The fourth-order valence-electron chi connectivity index (χ4n) is 3.65. The summed E-state index contributed by atoms with van der Waals surface area (Å²) in [6.45, 7) is 9.53. The fourth-order valence-corrected chi connectivity index (χ4v) is 3.65. The number of nitrogens with zero attached hydrogens (tertiary/aromatic N) is 4.